The Labute approximate surface area is 66.1 Å². The van der Waals surface area contributed by atoms with Crippen molar-refractivity contribution in [3.05, 3.63) is 47.9 Å². The minimum absolute atomic E-state index is 0.711. The molecule has 0 N–H and O–H groups in total. The quantitative estimate of drug-likeness (QED) is 0.579. The second kappa shape index (κ2) is 2.89. The van der Waals surface area contributed by atoms with Crippen molar-refractivity contribution < 1.29 is 0 Å². The first-order valence-corrected chi connectivity index (χ1v) is 3.36. The molecule has 51 valence electrons. The van der Waals surface area contributed by atoms with E-state index in [0.717, 1.165) is 11.1 Å². The van der Waals surface area contributed by atoms with Gasteiger partial charge in [-0.3, -0.25) is 0 Å². The lowest BCUT2D eigenvalue weighted by Gasteiger charge is -1.97. The van der Waals surface area contributed by atoms with Gasteiger partial charge in [0.25, 0.3) is 0 Å². The van der Waals surface area contributed by atoms with Crippen LogP contribution in [0.4, 0.5) is 0 Å². The maximum absolute atomic E-state index is 5.82. The van der Waals surface area contributed by atoms with E-state index in [0.29, 0.717) is 5.02 Å². The SMILES string of the molecule is [CH2]c1ccc(C=C)c(Cl)c1. The van der Waals surface area contributed by atoms with Crippen LogP contribution in [0.25, 0.3) is 6.08 Å². The molecular formula is C9H8Cl. The van der Waals surface area contributed by atoms with Crippen LogP contribution in [0.5, 0.6) is 0 Å². The Morgan fingerprint density at radius 3 is 2.60 bits per heavy atom. The summed E-state index contributed by atoms with van der Waals surface area (Å²) in [6.45, 7) is 7.35. The summed E-state index contributed by atoms with van der Waals surface area (Å²) in [7, 11) is 0. The van der Waals surface area contributed by atoms with Gasteiger partial charge in [0.2, 0.25) is 0 Å². The summed E-state index contributed by atoms with van der Waals surface area (Å²) in [5.74, 6) is 0. The van der Waals surface area contributed by atoms with E-state index in [-0.39, 0.29) is 0 Å². The molecule has 0 saturated heterocycles. The van der Waals surface area contributed by atoms with Crippen molar-refractivity contribution in [2.45, 2.75) is 0 Å². The fourth-order valence-electron chi connectivity index (χ4n) is 0.736. The molecule has 1 rings (SSSR count). The molecule has 0 nitrogen and oxygen atoms in total. The zero-order valence-corrected chi connectivity index (χ0v) is 6.36. The normalized spacial score (nSPS) is 9.40. The molecule has 0 amide bonds. The lowest BCUT2D eigenvalue weighted by Crippen LogP contribution is -1.75. The van der Waals surface area contributed by atoms with Crippen LogP contribution in [-0.4, -0.2) is 0 Å². The summed E-state index contributed by atoms with van der Waals surface area (Å²) < 4.78 is 0. The summed E-state index contributed by atoms with van der Waals surface area (Å²) in [5.41, 5.74) is 1.88. The summed E-state index contributed by atoms with van der Waals surface area (Å²) >= 11 is 5.82. The Morgan fingerprint density at radius 1 is 1.40 bits per heavy atom. The van der Waals surface area contributed by atoms with E-state index >= 15 is 0 Å². The molecular weight excluding hydrogens is 144 g/mol. The van der Waals surface area contributed by atoms with Crippen LogP contribution < -0.4 is 0 Å². The summed E-state index contributed by atoms with van der Waals surface area (Å²) in [6, 6.07) is 5.62. The third kappa shape index (κ3) is 1.39. The number of halogens is 1. The Balaban J connectivity index is 3.19. The van der Waals surface area contributed by atoms with Crippen LogP contribution in [0.3, 0.4) is 0 Å². The van der Waals surface area contributed by atoms with Crippen LogP contribution in [0.2, 0.25) is 5.02 Å². The molecule has 0 aromatic heterocycles. The summed E-state index contributed by atoms with van der Waals surface area (Å²) in [5, 5.41) is 0.711. The molecule has 1 heteroatoms. The molecule has 0 unspecified atom stereocenters. The summed E-state index contributed by atoms with van der Waals surface area (Å²) in [6.07, 6.45) is 1.72. The molecule has 0 spiro atoms. The molecule has 0 bridgehead atoms. The molecule has 0 atom stereocenters. The van der Waals surface area contributed by atoms with Crippen molar-refractivity contribution >= 4 is 17.7 Å². The molecule has 0 aliphatic heterocycles. The van der Waals surface area contributed by atoms with E-state index in [4.69, 9.17) is 11.6 Å². The standard InChI is InChI=1S/C9H8Cl/c1-3-8-5-4-7(2)6-9(8)10/h3-6H,1-2H2. The maximum Gasteiger partial charge on any atom is 0.0480 e. The molecule has 0 heterocycles. The van der Waals surface area contributed by atoms with Crippen LogP contribution >= 0.6 is 11.6 Å². The molecule has 0 saturated carbocycles. The lowest BCUT2D eigenvalue weighted by atomic mass is 10.1. The van der Waals surface area contributed by atoms with E-state index in [2.05, 4.69) is 13.5 Å². The van der Waals surface area contributed by atoms with Crippen LogP contribution in [0.1, 0.15) is 11.1 Å². The highest BCUT2D eigenvalue weighted by atomic mass is 35.5. The predicted octanol–water partition coefficient (Wildman–Crippen LogP) is 3.17. The average molecular weight is 152 g/mol. The van der Waals surface area contributed by atoms with Crippen molar-refractivity contribution in [3.8, 4) is 0 Å². The van der Waals surface area contributed by atoms with E-state index < -0.39 is 0 Å². The predicted molar refractivity (Wildman–Crippen MR) is 46.0 cm³/mol. The van der Waals surface area contributed by atoms with Gasteiger partial charge in [0.05, 0.1) is 0 Å². The van der Waals surface area contributed by atoms with Crippen molar-refractivity contribution in [1.29, 1.82) is 0 Å². The number of hydrogen-bond acceptors (Lipinski definition) is 0. The van der Waals surface area contributed by atoms with Gasteiger partial charge in [-0.05, 0) is 24.1 Å². The second-order valence-corrected chi connectivity index (χ2v) is 2.47. The van der Waals surface area contributed by atoms with Gasteiger partial charge in [0.1, 0.15) is 0 Å². The topological polar surface area (TPSA) is 0 Å². The highest BCUT2D eigenvalue weighted by Gasteiger charge is 1.93. The highest BCUT2D eigenvalue weighted by molar-refractivity contribution is 6.32. The molecule has 10 heavy (non-hydrogen) atoms. The van der Waals surface area contributed by atoms with Gasteiger partial charge < -0.3 is 0 Å². The van der Waals surface area contributed by atoms with E-state index in [9.17, 15) is 0 Å². The zero-order valence-electron chi connectivity index (χ0n) is 5.60. The molecule has 0 aliphatic rings. The first kappa shape index (κ1) is 7.36. The Kier molecular flexibility index (Phi) is 2.13. The second-order valence-electron chi connectivity index (χ2n) is 2.06. The van der Waals surface area contributed by atoms with Crippen LogP contribution in [0.15, 0.2) is 24.8 Å². The fraction of sp³-hybridized carbons (Fsp3) is 0. The van der Waals surface area contributed by atoms with Gasteiger partial charge in [-0.15, -0.1) is 0 Å². The van der Waals surface area contributed by atoms with Crippen LogP contribution in [0, 0.1) is 6.92 Å². The molecule has 0 aliphatic carbocycles. The van der Waals surface area contributed by atoms with Crippen LogP contribution in [-0.2, 0) is 0 Å². The highest BCUT2D eigenvalue weighted by Crippen LogP contribution is 2.17. The Hall–Kier alpha value is -0.750. The van der Waals surface area contributed by atoms with E-state index in [1.807, 2.05) is 18.2 Å². The van der Waals surface area contributed by atoms with Crippen molar-refractivity contribution in [3.63, 3.8) is 0 Å². The van der Waals surface area contributed by atoms with Crippen molar-refractivity contribution in [2.75, 3.05) is 0 Å². The average Bonchev–Trinajstić information content (AvgIpc) is 1.88. The third-order valence-electron chi connectivity index (χ3n) is 1.28. The van der Waals surface area contributed by atoms with Gasteiger partial charge in [-0.2, -0.15) is 0 Å². The summed E-state index contributed by atoms with van der Waals surface area (Å²) in [4.78, 5) is 0. The van der Waals surface area contributed by atoms with Gasteiger partial charge in [0, 0.05) is 5.02 Å². The van der Waals surface area contributed by atoms with Gasteiger partial charge in [0.15, 0.2) is 0 Å². The molecule has 1 aromatic rings. The minimum Gasteiger partial charge on any atom is -0.0984 e. The fourth-order valence-corrected chi connectivity index (χ4v) is 1.02. The van der Waals surface area contributed by atoms with E-state index in [1.54, 1.807) is 6.08 Å². The first-order chi connectivity index (χ1) is 4.74. The number of benzene rings is 1. The minimum atomic E-state index is 0.711. The number of hydrogen-bond donors (Lipinski definition) is 0. The Morgan fingerprint density at radius 2 is 2.10 bits per heavy atom. The molecule has 1 aromatic carbocycles. The largest absolute Gasteiger partial charge is 0.0984 e. The van der Waals surface area contributed by atoms with Crippen molar-refractivity contribution in [2.24, 2.45) is 0 Å². The maximum atomic E-state index is 5.82. The monoisotopic (exact) mass is 151 g/mol. The third-order valence-corrected chi connectivity index (χ3v) is 1.61. The van der Waals surface area contributed by atoms with Gasteiger partial charge >= 0.3 is 0 Å². The van der Waals surface area contributed by atoms with Gasteiger partial charge in [-0.1, -0.05) is 36.4 Å². The Bertz CT molecular complexity index is 251. The van der Waals surface area contributed by atoms with Gasteiger partial charge in [-0.25, -0.2) is 0 Å². The number of rotatable bonds is 1. The lowest BCUT2D eigenvalue weighted by molar-refractivity contribution is 1.58. The first-order valence-electron chi connectivity index (χ1n) is 2.98. The molecule has 1 radical (unpaired) electrons. The molecule has 0 fully saturated rings. The zero-order chi connectivity index (χ0) is 7.56. The van der Waals surface area contributed by atoms with E-state index in [1.165, 1.54) is 0 Å². The smallest absolute Gasteiger partial charge is 0.0480 e. The van der Waals surface area contributed by atoms with Crippen molar-refractivity contribution in [1.82, 2.24) is 0 Å².